The quantitative estimate of drug-likeness (QED) is 0.829. The zero-order valence-electron chi connectivity index (χ0n) is 9.78. The summed E-state index contributed by atoms with van der Waals surface area (Å²) in [5.41, 5.74) is 1.54. The predicted octanol–water partition coefficient (Wildman–Crippen LogP) is 3.39. The maximum atomic E-state index is 13.5. The molecule has 0 unspecified atom stereocenters. The Hall–Kier alpha value is -1.55. The number of thiazole rings is 1. The molecule has 0 amide bonds. The van der Waals surface area contributed by atoms with Crippen molar-refractivity contribution in [1.29, 1.82) is 0 Å². The van der Waals surface area contributed by atoms with E-state index in [-0.39, 0.29) is 11.6 Å². The van der Waals surface area contributed by atoms with Crippen LogP contribution in [0.5, 0.6) is 0 Å². The van der Waals surface area contributed by atoms with E-state index < -0.39 is 0 Å². The van der Waals surface area contributed by atoms with Crippen LogP contribution in [0, 0.1) is 5.82 Å². The molecule has 3 rings (SSSR count). The number of carbonyl (C=O) groups is 1. The third-order valence-corrected chi connectivity index (χ3v) is 4.25. The molecule has 0 atom stereocenters. The van der Waals surface area contributed by atoms with Crippen molar-refractivity contribution < 1.29 is 9.18 Å². The minimum absolute atomic E-state index is 0.188. The summed E-state index contributed by atoms with van der Waals surface area (Å²) in [6.07, 6.45) is 2.84. The highest BCUT2D eigenvalue weighted by Gasteiger charge is 2.22. The van der Waals surface area contributed by atoms with E-state index in [0.717, 1.165) is 28.4 Å². The Morgan fingerprint density at radius 1 is 1.28 bits per heavy atom. The van der Waals surface area contributed by atoms with E-state index >= 15 is 0 Å². The largest absolute Gasteiger partial charge is 0.293 e. The topological polar surface area (TPSA) is 30.0 Å². The maximum Gasteiger partial charge on any atom is 0.174 e. The first-order valence-corrected chi connectivity index (χ1v) is 6.81. The smallest absolute Gasteiger partial charge is 0.174 e. The Kier molecular flexibility index (Phi) is 2.96. The van der Waals surface area contributed by atoms with Gasteiger partial charge in [-0.05, 0) is 24.5 Å². The number of ketones is 1. The maximum absolute atomic E-state index is 13.5. The van der Waals surface area contributed by atoms with E-state index in [0.29, 0.717) is 18.4 Å². The summed E-state index contributed by atoms with van der Waals surface area (Å²) in [6.45, 7) is 0. The molecule has 1 heterocycles. The minimum atomic E-state index is -0.211. The molecule has 1 aromatic heterocycles. The molecule has 1 aromatic carbocycles. The Morgan fingerprint density at radius 2 is 2.11 bits per heavy atom. The van der Waals surface area contributed by atoms with E-state index in [1.165, 1.54) is 17.4 Å². The molecule has 1 aliphatic rings. The van der Waals surface area contributed by atoms with Crippen LogP contribution in [0.3, 0.4) is 0 Å². The number of aromatic nitrogens is 1. The molecule has 0 radical (unpaired) electrons. The summed E-state index contributed by atoms with van der Waals surface area (Å²) >= 11 is 1.42. The van der Waals surface area contributed by atoms with Crippen LogP contribution in [0.2, 0.25) is 0 Å². The van der Waals surface area contributed by atoms with Gasteiger partial charge in [0.05, 0.1) is 15.6 Å². The second-order valence-corrected chi connectivity index (χ2v) is 5.51. The second kappa shape index (κ2) is 4.61. The predicted molar refractivity (Wildman–Crippen MR) is 68.6 cm³/mol. The molecule has 2 nitrogen and oxygen atoms in total. The molecule has 1 aliphatic carbocycles. The van der Waals surface area contributed by atoms with Crippen molar-refractivity contribution in [3.8, 4) is 0 Å². The van der Waals surface area contributed by atoms with Crippen LogP contribution >= 0.6 is 11.3 Å². The normalized spacial score (nSPS) is 14.6. The average molecular weight is 261 g/mol. The Labute approximate surface area is 108 Å². The van der Waals surface area contributed by atoms with Crippen molar-refractivity contribution in [2.45, 2.75) is 25.7 Å². The van der Waals surface area contributed by atoms with Gasteiger partial charge in [-0.25, -0.2) is 9.37 Å². The van der Waals surface area contributed by atoms with Crippen LogP contribution < -0.4 is 0 Å². The van der Waals surface area contributed by atoms with Crippen molar-refractivity contribution in [1.82, 2.24) is 4.98 Å². The minimum Gasteiger partial charge on any atom is -0.293 e. The van der Waals surface area contributed by atoms with Gasteiger partial charge in [0, 0.05) is 12.8 Å². The Balaban J connectivity index is 1.90. The Bertz CT molecular complexity index is 606. The van der Waals surface area contributed by atoms with Crippen LogP contribution in [0.4, 0.5) is 4.39 Å². The van der Waals surface area contributed by atoms with Gasteiger partial charge in [0.1, 0.15) is 5.82 Å². The molecular weight excluding hydrogens is 249 g/mol. The monoisotopic (exact) mass is 261 g/mol. The number of nitrogens with zero attached hydrogens (tertiary/aromatic N) is 1. The third-order valence-electron chi connectivity index (χ3n) is 3.11. The summed E-state index contributed by atoms with van der Waals surface area (Å²) in [7, 11) is 0. The van der Waals surface area contributed by atoms with Gasteiger partial charge in [-0.15, -0.1) is 11.3 Å². The fourth-order valence-corrected chi connectivity index (χ4v) is 3.30. The van der Waals surface area contributed by atoms with Crippen LogP contribution in [0.25, 0.3) is 0 Å². The van der Waals surface area contributed by atoms with Crippen LogP contribution in [-0.4, -0.2) is 10.8 Å². The molecule has 0 saturated heterocycles. The van der Waals surface area contributed by atoms with E-state index in [1.807, 2.05) is 6.07 Å². The number of hydrogen-bond acceptors (Lipinski definition) is 3. The number of aryl methyl sites for hydroxylation is 1. The average Bonchev–Trinajstić information content (AvgIpc) is 2.76. The molecule has 0 N–H and O–H groups in total. The highest BCUT2D eigenvalue weighted by molar-refractivity contribution is 7.13. The molecule has 4 heteroatoms. The molecule has 18 heavy (non-hydrogen) atoms. The lowest BCUT2D eigenvalue weighted by Crippen LogP contribution is -2.07. The van der Waals surface area contributed by atoms with Crippen molar-refractivity contribution in [2.75, 3.05) is 0 Å². The van der Waals surface area contributed by atoms with E-state index in [2.05, 4.69) is 4.98 Å². The van der Waals surface area contributed by atoms with Gasteiger partial charge in [0.2, 0.25) is 0 Å². The summed E-state index contributed by atoms with van der Waals surface area (Å²) in [6, 6.07) is 6.71. The summed E-state index contributed by atoms with van der Waals surface area (Å²) in [5, 5.41) is 0.834. The zero-order valence-corrected chi connectivity index (χ0v) is 10.6. The van der Waals surface area contributed by atoms with Gasteiger partial charge in [0.15, 0.2) is 5.78 Å². The Morgan fingerprint density at radius 3 is 2.89 bits per heavy atom. The number of benzene rings is 1. The number of carbonyl (C=O) groups excluding carboxylic acids is 1. The highest BCUT2D eigenvalue weighted by atomic mass is 32.1. The number of halogens is 1. The highest BCUT2D eigenvalue weighted by Crippen LogP contribution is 2.28. The van der Waals surface area contributed by atoms with Crippen molar-refractivity contribution in [2.24, 2.45) is 0 Å². The van der Waals surface area contributed by atoms with Gasteiger partial charge >= 0.3 is 0 Å². The van der Waals surface area contributed by atoms with Gasteiger partial charge in [-0.2, -0.15) is 0 Å². The first-order valence-electron chi connectivity index (χ1n) is 5.99. The lowest BCUT2D eigenvalue weighted by atomic mass is 10.0. The third kappa shape index (κ3) is 2.08. The van der Waals surface area contributed by atoms with E-state index in [1.54, 1.807) is 12.1 Å². The lowest BCUT2D eigenvalue weighted by molar-refractivity contribution is 0.0976. The van der Waals surface area contributed by atoms with Crippen molar-refractivity contribution >= 4 is 17.1 Å². The lowest BCUT2D eigenvalue weighted by Gasteiger charge is -2.06. The summed E-state index contributed by atoms with van der Waals surface area (Å²) in [4.78, 5) is 17.0. The number of rotatable bonds is 2. The number of Topliss-reactive ketones (excluding diaryl/α,β-unsaturated/α-hetero) is 1. The van der Waals surface area contributed by atoms with Gasteiger partial charge < -0.3 is 0 Å². The second-order valence-electron chi connectivity index (χ2n) is 4.43. The first-order chi connectivity index (χ1) is 8.74. The molecule has 0 bridgehead atoms. The molecular formula is C14H12FNOS. The molecule has 2 aromatic rings. The fourth-order valence-electron chi connectivity index (χ4n) is 2.20. The van der Waals surface area contributed by atoms with Gasteiger partial charge in [-0.3, -0.25) is 4.79 Å². The molecule has 0 saturated carbocycles. The number of fused-ring (bicyclic) bond motifs is 1. The standard InChI is InChI=1S/C14H12FNOS/c15-10-5-2-1-4-9(10)8-13-16-11-6-3-7-12(17)14(11)18-13/h1-2,4-5H,3,6-8H2. The summed E-state index contributed by atoms with van der Waals surface area (Å²) < 4.78 is 13.5. The molecule has 0 fully saturated rings. The van der Waals surface area contributed by atoms with E-state index in [9.17, 15) is 9.18 Å². The van der Waals surface area contributed by atoms with Gasteiger partial charge in [-0.1, -0.05) is 18.2 Å². The van der Waals surface area contributed by atoms with E-state index in [4.69, 9.17) is 0 Å². The van der Waals surface area contributed by atoms with Crippen molar-refractivity contribution in [3.05, 3.63) is 51.2 Å². The first kappa shape index (κ1) is 11.5. The summed E-state index contributed by atoms with van der Waals surface area (Å²) in [5.74, 6) is -0.0227. The zero-order chi connectivity index (χ0) is 12.5. The van der Waals surface area contributed by atoms with Gasteiger partial charge in [0.25, 0.3) is 0 Å². The molecule has 92 valence electrons. The van der Waals surface area contributed by atoms with Crippen molar-refractivity contribution in [3.63, 3.8) is 0 Å². The number of hydrogen-bond donors (Lipinski definition) is 0. The molecule has 0 spiro atoms. The SMILES string of the molecule is O=C1CCCc2nc(Cc3ccccc3F)sc21. The van der Waals surface area contributed by atoms with Crippen LogP contribution in [-0.2, 0) is 12.8 Å². The fraction of sp³-hybridized carbons (Fsp3) is 0.286. The van der Waals surface area contributed by atoms with Crippen LogP contribution in [0.1, 0.15) is 38.8 Å². The van der Waals surface area contributed by atoms with Crippen LogP contribution in [0.15, 0.2) is 24.3 Å². The molecule has 0 aliphatic heterocycles.